The molecule has 0 radical (unpaired) electrons. The van der Waals surface area contributed by atoms with Crippen LogP contribution < -0.4 is 14.9 Å². The summed E-state index contributed by atoms with van der Waals surface area (Å²) in [6.45, 7) is 5.32. The van der Waals surface area contributed by atoms with Crippen molar-refractivity contribution in [3.63, 3.8) is 0 Å². The van der Waals surface area contributed by atoms with Crippen LogP contribution in [0.4, 0.5) is 5.69 Å². The first-order valence-electron chi connectivity index (χ1n) is 11.0. The molecule has 2 aromatic carbocycles. The minimum atomic E-state index is -3.71. The second kappa shape index (κ2) is 9.66. The largest absolute Gasteiger partial charge is 0.492 e. The van der Waals surface area contributed by atoms with Crippen LogP contribution in [0.3, 0.4) is 0 Å². The predicted octanol–water partition coefficient (Wildman–Crippen LogP) is 3.52. The zero-order valence-electron chi connectivity index (χ0n) is 18.6. The number of nitrogens with one attached hydrogen (secondary N) is 1. The van der Waals surface area contributed by atoms with E-state index in [1.165, 1.54) is 4.31 Å². The SMILES string of the molecule is CCOc1ccccc1NC(=O)C1CCN(S(=O)(=O)c2ccc3c(c2)sc(=O)n3CC)CC1. The summed E-state index contributed by atoms with van der Waals surface area (Å²) >= 11 is 1.05. The summed E-state index contributed by atoms with van der Waals surface area (Å²) in [6, 6.07) is 12.1. The molecule has 176 valence electrons. The topological polar surface area (TPSA) is 97.7 Å². The highest BCUT2D eigenvalue weighted by atomic mass is 32.2. The zero-order chi connectivity index (χ0) is 23.6. The summed E-state index contributed by atoms with van der Waals surface area (Å²) in [5.74, 6) is 0.201. The molecule has 1 saturated heterocycles. The fourth-order valence-corrected chi connectivity index (χ4v) is 6.67. The average molecular weight is 490 g/mol. The van der Waals surface area contributed by atoms with Crippen LogP contribution in [0.15, 0.2) is 52.2 Å². The summed E-state index contributed by atoms with van der Waals surface area (Å²) in [7, 11) is -3.71. The Morgan fingerprint density at radius 3 is 2.58 bits per heavy atom. The molecule has 1 aliphatic rings. The Balaban J connectivity index is 1.44. The van der Waals surface area contributed by atoms with Crippen LogP contribution in [0.2, 0.25) is 0 Å². The summed E-state index contributed by atoms with van der Waals surface area (Å²) in [5, 5.41) is 2.92. The van der Waals surface area contributed by atoms with Crippen molar-refractivity contribution in [2.24, 2.45) is 5.92 Å². The number of aryl methyl sites for hydroxylation is 1. The van der Waals surface area contributed by atoms with Gasteiger partial charge in [-0.25, -0.2) is 8.42 Å². The molecule has 1 aliphatic heterocycles. The Bertz CT molecular complexity index is 1320. The van der Waals surface area contributed by atoms with Gasteiger partial charge in [0, 0.05) is 25.6 Å². The van der Waals surface area contributed by atoms with Crippen molar-refractivity contribution in [1.82, 2.24) is 8.87 Å². The number of benzene rings is 2. The van der Waals surface area contributed by atoms with Crippen molar-refractivity contribution in [1.29, 1.82) is 0 Å². The minimum Gasteiger partial charge on any atom is -0.492 e. The molecule has 0 bridgehead atoms. The van der Waals surface area contributed by atoms with Crippen LogP contribution in [0.25, 0.3) is 10.2 Å². The first kappa shape index (κ1) is 23.5. The summed E-state index contributed by atoms with van der Waals surface area (Å²) in [4.78, 5) is 25.0. The number of ether oxygens (including phenoxy) is 1. The lowest BCUT2D eigenvalue weighted by Crippen LogP contribution is -2.41. The first-order valence-corrected chi connectivity index (χ1v) is 13.3. The van der Waals surface area contributed by atoms with E-state index in [9.17, 15) is 18.0 Å². The van der Waals surface area contributed by atoms with Gasteiger partial charge in [0.25, 0.3) is 0 Å². The second-order valence-corrected chi connectivity index (χ2v) is 10.8. The van der Waals surface area contributed by atoms with Crippen molar-refractivity contribution >= 4 is 43.2 Å². The van der Waals surface area contributed by atoms with E-state index in [1.54, 1.807) is 34.9 Å². The molecule has 2 heterocycles. The fraction of sp³-hybridized carbons (Fsp3) is 0.391. The predicted molar refractivity (Wildman–Crippen MR) is 129 cm³/mol. The maximum atomic E-state index is 13.2. The van der Waals surface area contributed by atoms with Crippen LogP contribution in [0.1, 0.15) is 26.7 Å². The third-order valence-electron chi connectivity index (χ3n) is 5.86. The molecule has 1 fully saturated rings. The molecule has 10 heteroatoms. The monoisotopic (exact) mass is 489 g/mol. The van der Waals surface area contributed by atoms with Crippen molar-refractivity contribution < 1.29 is 17.9 Å². The minimum absolute atomic E-state index is 0.0974. The highest BCUT2D eigenvalue weighted by molar-refractivity contribution is 7.89. The van der Waals surface area contributed by atoms with Gasteiger partial charge < -0.3 is 10.1 Å². The molecular formula is C23H27N3O5S2. The number of carbonyl (C=O) groups is 1. The molecule has 0 unspecified atom stereocenters. The lowest BCUT2D eigenvalue weighted by atomic mass is 9.97. The number of hydrogen-bond donors (Lipinski definition) is 1. The molecule has 0 spiro atoms. The van der Waals surface area contributed by atoms with Gasteiger partial charge in [-0.2, -0.15) is 4.31 Å². The fourth-order valence-electron chi connectivity index (χ4n) is 4.10. The Morgan fingerprint density at radius 1 is 1.15 bits per heavy atom. The Kier molecular flexibility index (Phi) is 6.87. The number of amides is 1. The molecule has 1 N–H and O–H groups in total. The molecule has 0 atom stereocenters. The van der Waals surface area contributed by atoms with E-state index in [4.69, 9.17) is 4.74 Å². The Labute approximate surface area is 196 Å². The van der Waals surface area contributed by atoms with Gasteiger partial charge in [0.15, 0.2) is 0 Å². The highest BCUT2D eigenvalue weighted by Crippen LogP contribution is 2.29. The molecule has 4 rings (SSSR count). The van der Waals surface area contributed by atoms with Gasteiger partial charge in [-0.15, -0.1) is 0 Å². The number of anilines is 1. The Hall–Kier alpha value is -2.69. The number of rotatable bonds is 7. The molecule has 33 heavy (non-hydrogen) atoms. The molecule has 1 aromatic heterocycles. The third kappa shape index (κ3) is 4.68. The van der Waals surface area contributed by atoms with Crippen LogP contribution in [-0.2, 0) is 21.4 Å². The number of thiazole rings is 1. The van der Waals surface area contributed by atoms with Crippen molar-refractivity contribution in [2.45, 2.75) is 38.1 Å². The van der Waals surface area contributed by atoms with E-state index in [1.807, 2.05) is 26.0 Å². The molecule has 1 amide bonds. The molecule has 0 aliphatic carbocycles. The van der Waals surface area contributed by atoms with E-state index >= 15 is 0 Å². The van der Waals surface area contributed by atoms with Gasteiger partial charge in [-0.1, -0.05) is 23.5 Å². The summed E-state index contributed by atoms with van der Waals surface area (Å²) in [6.07, 6.45) is 0.868. The van der Waals surface area contributed by atoms with E-state index in [0.29, 0.717) is 42.1 Å². The molecule has 8 nitrogen and oxygen atoms in total. The maximum absolute atomic E-state index is 13.2. The van der Waals surface area contributed by atoms with Crippen molar-refractivity contribution in [3.05, 3.63) is 52.1 Å². The lowest BCUT2D eigenvalue weighted by Gasteiger charge is -2.30. The Morgan fingerprint density at radius 2 is 1.88 bits per heavy atom. The first-order chi connectivity index (χ1) is 15.8. The number of fused-ring (bicyclic) bond motifs is 1. The zero-order valence-corrected chi connectivity index (χ0v) is 20.2. The summed E-state index contributed by atoms with van der Waals surface area (Å²) < 4.78 is 35.7. The van der Waals surface area contributed by atoms with E-state index in [0.717, 1.165) is 16.9 Å². The van der Waals surface area contributed by atoms with Crippen molar-refractivity contribution in [3.8, 4) is 5.75 Å². The van der Waals surface area contributed by atoms with E-state index in [2.05, 4.69) is 5.32 Å². The van der Waals surface area contributed by atoms with Gasteiger partial charge in [0.05, 0.1) is 27.4 Å². The quantitative estimate of drug-likeness (QED) is 0.548. The molecule has 0 saturated carbocycles. The number of carbonyl (C=O) groups excluding carboxylic acids is 1. The van der Waals surface area contributed by atoms with Gasteiger partial charge in [-0.05, 0) is 57.0 Å². The van der Waals surface area contributed by atoms with Crippen molar-refractivity contribution in [2.75, 3.05) is 25.0 Å². The van der Waals surface area contributed by atoms with E-state index < -0.39 is 10.0 Å². The molecule has 3 aromatic rings. The second-order valence-electron chi connectivity index (χ2n) is 7.84. The van der Waals surface area contributed by atoms with Crippen LogP contribution >= 0.6 is 11.3 Å². The number of para-hydroxylation sites is 2. The number of nitrogens with zero attached hydrogens (tertiary/aromatic N) is 2. The van der Waals surface area contributed by atoms with Crippen LogP contribution in [0, 0.1) is 5.92 Å². The maximum Gasteiger partial charge on any atom is 0.308 e. The van der Waals surface area contributed by atoms with Gasteiger partial charge >= 0.3 is 4.87 Å². The van der Waals surface area contributed by atoms with Gasteiger partial charge in [0.2, 0.25) is 15.9 Å². The lowest BCUT2D eigenvalue weighted by molar-refractivity contribution is -0.120. The van der Waals surface area contributed by atoms with Gasteiger partial charge in [0.1, 0.15) is 5.75 Å². The standard InChI is InChI=1S/C23H27N3O5S2/c1-3-26-19-10-9-17(15-21(19)32-23(26)28)33(29,30)25-13-11-16(12-14-25)22(27)24-18-7-5-6-8-20(18)31-4-2/h5-10,15-16H,3-4,11-14H2,1-2H3,(H,24,27). The van der Waals surface area contributed by atoms with Gasteiger partial charge in [-0.3, -0.25) is 14.2 Å². The smallest absolute Gasteiger partial charge is 0.308 e. The van der Waals surface area contributed by atoms with Crippen LogP contribution in [0.5, 0.6) is 5.75 Å². The number of hydrogen-bond acceptors (Lipinski definition) is 6. The normalized spacial score (nSPS) is 15.6. The highest BCUT2D eigenvalue weighted by Gasteiger charge is 2.32. The number of sulfonamides is 1. The molecular weight excluding hydrogens is 462 g/mol. The summed E-state index contributed by atoms with van der Waals surface area (Å²) in [5.41, 5.74) is 1.36. The third-order valence-corrected chi connectivity index (χ3v) is 8.70. The number of aromatic nitrogens is 1. The average Bonchev–Trinajstić information content (AvgIpc) is 3.14. The number of piperidine rings is 1. The van der Waals surface area contributed by atoms with E-state index in [-0.39, 0.29) is 34.7 Å². The van der Waals surface area contributed by atoms with Crippen LogP contribution in [-0.4, -0.2) is 42.9 Å².